The van der Waals surface area contributed by atoms with Gasteiger partial charge in [-0.05, 0) is 26.2 Å². The lowest BCUT2D eigenvalue weighted by molar-refractivity contribution is -0.230. The fourth-order valence-electron chi connectivity index (χ4n) is 3.28. The molecule has 92 valence electrons. The minimum atomic E-state index is -0.895. The Bertz CT molecular complexity index is 298. The molecule has 2 aliphatic rings. The summed E-state index contributed by atoms with van der Waals surface area (Å²) in [6, 6.07) is 0. The number of rotatable bonds is 0. The highest BCUT2D eigenvalue weighted by Gasteiger charge is 2.58. The number of carbonyl (C=O) groups excluding carboxylic acids is 1. The zero-order valence-electron chi connectivity index (χ0n) is 10.5. The Balaban J connectivity index is 2.40. The highest BCUT2D eigenvalue weighted by Crippen LogP contribution is 2.50. The predicted molar refractivity (Wildman–Crippen MR) is 60.9 cm³/mol. The fraction of sp³-hybridized carbons (Fsp3) is 0.923. The van der Waals surface area contributed by atoms with Gasteiger partial charge < -0.3 is 9.84 Å². The Morgan fingerprint density at radius 3 is 2.69 bits per heavy atom. The van der Waals surface area contributed by atoms with E-state index in [1.807, 2.05) is 13.8 Å². The molecule has 1 unspecified atom stereocenters. The average Bonchev–Trinajstić information content (AvgIpc) is 2.22. The van der Waals surface area contributed by atoms with Gasteiger partial charge in [-0.25, -0.2) is 0 Å². The van der Waals surface area contributed by atoms with Crippen molar-refractivity contribution in [2.75, 3.05) is 0 Å². The van der Waals surface area contributed by atoms with Crippen LogP contribution in [0.5, 0.6) is 0 Å². The fourth-order valence-corrected chi connectivity index (χ4v) is 3.28. The number of aliphatic hydroxyl groups is 1. The second-order valence-corrected chi connectivity index (χ2v) is 5.89. The van der Waals surface area contributed by atoms with E-state index in [1.54, 1.807) is 6.92 Å². The van der Waals surface area contributed by atoms with Crippen LogP contribution in [-0.2, 0) is 9.53 Å². The third-order valence-corrected chi connectivity index (χ3v) is 4.77. The van der Waals surface area contributed by atoms with E-state index in [4.69, 9.17) is 4.74 Å². The zero-order valence-corrected chi connectivity index (χ0v) is 10.5. The van der Waals surface area contributed by atoms with Gasteiger partial charge in [0.25, 0.3) is 0 Å². The van der Waals surface area contributed by atoms with Crippen LogP contribution >= 0.6 is 0 Å². The standard InChI is InChI=1S/C13H22O3/c1-9-11(14)16-10-7-5-4-6-8-13(9,15)12(10,2)3/h9-10,15H,4-8H2,1-3H3/t9?,10-,13+/m0/s1. The van der Waals surface area contributed by atoms with Gasteiger partial charge in [0.2, 0.25) is 0 Å². The van der Waals surface area contributed by atoms with Crippen molar-refractivity contribution in [2.45, 2.75) is 64.6 Å². The smallest absolute Gasteiger partial charge is 0.311 e. The molecule has 3 heteroatoms. The summed E-state index contributed by atoms with van der Waals surface area (Å²) in [5.41, 5.74) is -1.23. The Morgan fingerprint density at radius 2 is 2.00 bits per heavy atom. The topological polar surface area (TPSA) is 46.5 Å². The van der Waals surface area contributed by atoms with Crippen molar-refractivity contribution in [3.8, 4) is 0 Å². The molecule has 2 fully saturated rings. The van der Waals surface area contributed by atoms with Crippen LogP contribution in [0.4, 0.5) is 0 Å². The van der Waals surface area contributed by atoms with Crippen molar-refractivity contribution in [2.24, 2.45) is 11.3 Å². The van der Waals surface area contributed by atoms with Crippen molar-refractivity contribution in [3.05, 3.63) is 0 Å². The third-order valence-electron chi connectivity index (χ3n) is 4.77. The van der Waals surface area contributed by atoms with Crippen molar-refractivity contribution >= 4 is 5.97 Å². The molecule has 16 heavy (non-hydrogen) atoms. The van der Waals surface area contributed by atoms with E-state index < -0.39 is 11.5 Å². The summed E-state index contributed by atoms with van der Waals surface area (Å²) in [7, 11) is 0. The van der Waals surface area contributed by atoms with E-state index in [0.29, 0.717) is 6.42 Å². The quantitative estimate of drug-likeness (QED) is 0.644. The molecule has 0 aromatic carbocycles. The molecular weight excluding hydrogens is 204 g/mol. The predicted octanol–water partition coefficient (Wildman–Crippen LogP) is 2.27. The van der Waals surface area contributed by atoms with Crippen LogP contribution in [0.1, 0.15) is 52.9 Å². The van der Waals surface area contributed by atoms with E-state index in [9.17, 15) is 9.90 Å². The van der Waals surface area contributed by atoms with Crippen LogP contribution in [0.3, 0.4) is 0 Å². The third kappa shape index (κ3) is 1.48. The monoisotopic (exact) mass is 226 g/mol. The molecule has 1 saturated carbocycles. The Morgan fingerprint density at radius 1 is 1.31 bits per heavy atom. The molecule has 1 aliphatic carbocycles. The first-order valence-electron chi connectivity index (χ1n) is 6.32. The Labute approximate surface area is 97.2 Å². The molecule has 2 bridgehead atoms. The van der Waals surface area contributed by atoms with Crippen molar-refractivity contribution < 1.29 is 14.6 Å². The van der Waals surface area contributed by atoms with Gasteiger partial charge in [-0.15, -0.1) is 0 Å². The van der Waals surface area contributed by atoms with Crippen LogP contribution in [-0.4, -0.2) is 22.8 Å². The summed E-state index contributed by atoms with van der Waals surface area (Å²) >= 11 is 0. The second kappa shape index (κ2) is 3.73. The Kier molecular flexibility index (Phi) is 2.77. The zero-order chi connectivity index (χ0) is 12.0. The first-order valence-corrected chi connectivity index (χ1v) is 6.32. The van der Waals surface area contributed by atoms with Gasteiger partial charge in [0.15, 0.2) is 0 Å². The number of ether oxygens (including phenoxy) is 1. The van der Waals surface area contributed by atoms with Gasteiger partial charge in [0.1, 0.15) is 6.10 Å². The molecular formula is C13H22O3. The average molecular weight is 226 g/mol. The van der Waals surface area contributed by atoms with Gasteiger partial charge in [-0.1, -0.05) is 26.7 Å². The number of hydrogen-bond acceptors (Lipinski definition) is 3. The van der Waals surface area contributed by atoms with Crippen LogP contribution in [0.15, 0.2) is 0 Å². The Hall–Kier alpha value is -0.570. The SMILES string of the molecule is CC1C(=O)O[C@H]2CCCCC[C@]1(O)C2(C)C. The van der Waals surface area contributed by atoms with Gasteiger partial charge in [-0.3, -0.25) is 4.79 Å². The molecule has 0 aromatic heterocycles. The highest BCUT2D eigenvalue weighted by atomic mass is 16.6. The van der Waals surface area contributed by atoms with E-state index in [1.165, 1.54) is 0 Å². The lowest BCUT2D eigenvalue weighted by atomic mass is 9.60. The first-order chi connectivity index (χ1) is 7.39. The molecule has 0 spiro atoms. The molecule has 0 radical (unpaired) electrons. The number of fused-ring (bicyclic) bond motifs is 2. The minimum Gasteiger partial charge on any atom is -0.461 e. The van der Waals surface area contributed by atoms with Crippen LogP contribution in [0.2, 0.25) is 0 Å². The second-order valence-electron chi connectivity index (χ2n) is 5.89. The number of carbonyl (C=O) groups is 1. The van der Waals surface area contributed by atoms with Gasteiger partial charge >= 0.3 is 5.97 Å². The number of esters is 1. The lowest BCUT2D eigenvalue weighted by Gasteiger charge is -2.54. The summed E-state index contributed by atoms with van der Waals surface area (Å²) in [6.07, 6.45) is 4.69. The van der Waals surface area contributed by atoms with E-state index in [0.717, 1.165) is 25.7 Å². The maximum absolute atomic E-state index is 11.8. The summed E-state index contributed by atoms with van der Waals surface area (Å²) in [6.45, 7) is 5.86. The van der Waals surface area contributed by atoms with Crippen LogP contribution < -0.4 is 0 Å². The molecule has 1 N–H and O–H groups in total. The van der Waals surface area contributed by atoms with Gasteiger partial charge in [-0.2, -0.15) is 0 Å². The normalized spacial score (nSPS) is 43.1. The number of hydrogen-bond donors (Lipinski definition) is 1. The maximum atomic E-state index is 11.8. The van der Waals surface area contributed by atoms with E-state index in [-0.39, 0.29) is 17.5 Å². The summed E-state index contributed by atoms with van der Waals surface area (Å²) in [5.74, 6) is -0.634. The molecule has 0 amide bonds. The minimum absolute atomic E-state index is 0.124. The van der Waals surface area contributed by atoms with Gasteiger partial charge in [0.05, 0.1) is 11.5 Å². The van der Waals surface area contributed by atoms with E-state index >= 15 is 0 Å². The maximum Gasteiger partial charge on any atom is 0.311 e. The van der Waals surface area contributed by atoms with Crippen LogP contribution in [0, 0.1) is 11.3 Å². The summed E-state index contributed by atoms with van der Waals surface area (Å²) in [4.78, 5) is 11.8. The van der Waals surface area contributed by atoms with Gasteiger partial charge in [0, 0.05) is 5.41 Å². The molecule has 2 rings (SSSR count). The summed E-state index contributed by atoms with van der Waals surface area (Å²) in [5, 5.41) is 10.9. The van der Waals surface area contributed by atoms with E-state index in [2.05, 4.69) is 0 Å². The molecule has 3 atom stereocenters. The van der Waals surface area contributed by atoms with Crippen molar-refractivity contribution in [3.63, 3.8) is 0 Å². The molecule has 1 aliphatic heterocycles. The largest absolute Gasteiger partial charge is 0.461 e. The molecule has 1 heterocycles. The summed E-state index contributed by atoms with van der Waals surface area (Å²) < 4.78 is 5.49. The molecule has 0 aromatic rings. The van der Waals surface area contributed by atoms with Crippen molar-refractivity contribution in [1.82, 2.24) is 0 Å². The highest BCUT2D eigenvalue weighted by molar-refractivity contribution is 5.75. The molecule has 3 nitrogen and oxygen atoms in total. The molecule has 1 saturated heterocycles. The van der Waals surface area contributed by atoms with Crippen molar-refractivity contribution in [1.29, 1.82) is 0 Å². The lowest BCUT2D eigenvalue weighted by Crippen LogP contribution is -2.63. The van der Waals surface area contributed by atoms with Crippen LogP contribution in [0.25, 0.3) is 0 Å². The first kappa shape index (κ1) is 11.9.